The number of rotatable bonds is 9. The molecular weight excluding hydrogens is 448 g/mol. The lowest BCUT2D eigenvalue weighted by Crippen LogP contribution is -2.55. The van der Waals surface area contributed by atoms with Crippen molar-refractivity contribution in [3.05, 3.63) is 30.0 Å². The van der Waals surface area contributed by atoms with Crippen LogP contribution in [0.4, 0.5) is 23.1 Å². The quantitative estimate of drug-likeness (QED) is 0.416. The molecule has 2 amide bonds. The summed E-state index contributed by atoms with van der Waals surface area (Å²) in [6, 6.07) is 5.07. The van der Waals surface area contributed by atoms with Crippen molar-refractivity contribution in [1.82, 2.24) is 15.3 Å². The van der Waals surface area contributed by atoms with Crippen LogP contribution >= 0.6 is 0 Å². The van der Waals surface area contributed by atoms with Gasteiger partial charge in [-0.1, -0.05) is 19.8 Å². The fourth-order valence-corrected chi connectivity index (χ4v) is 4.85. The molecule has 10 heteroatoms. The molecule has 1 aliphatic heterocycles. The Balaban J connectivity index is 1.62. The standard InChI is InChI=1S/C25H32N6O4/c1-4-19-24(34)30(2)20-15-27-25(29-22(20)31(19)17-8-5-6-9-17)28-18-11-10-16(14-21(18)35-3)23(33)26-12-7-13-32/h10-11,13-15,17,19H,4-9,12H2,1-3H3,(H,26,33)(H,27,28,29)/t19-/m1/s1. The number of methoxy groups -OCH3 is 1. The van der Waals surface area contributed by atoms with Gasteiger partial charge in [0.2, 0.25) is 11.9 Å². The van der Waals surface area contributed by atoms with Gasteiger partial charge in [0, 0.05) is 31.6 Å². The maximum Gasteiger partial charge on any atom is 0.251 e. The Morgan fingerprint density at radius 1 is 1.29 bits per heavy atom. The first kappa shape index (κ1) is 24.4. The molecule has 2 heterocycles. The zero-order valence-corrected chi connectivity index (χ0v) is 20.4. The Labute approximate surface area is 205 Å². The summed E-state index contributed by atoms with van der Waals surface area (Å²) in [6.45, 7) is 2.31. The van der Waals surface area contributed by atoms with Crippen molar-refractivity contribution in [2.45, 2.75) is 57.5 Å². The molecule has 186 valence electrons. The van der Waals surface area contributed by atoms with E-state index in [9.17, 15) is 14.4 Å². The number of hydrogen-bond acceptors (Lipinski definition) is 8. The highest BCUT2D eigenvalue weighted by atomic mass is 16.5. The van der Waals surface area contributed by atoms with Crippen LogP contribution in [-0.4, -0.2) is 60.9 Å². The van der Waals surface area contributed by atoms with Crippen LogP contribution in [0.2, 0.25) is 0 Å². The third-order valence-electron chi connectivity index (χ3n) is 6.67. The first-order valence-electron chi connectivity index (χ1n) is 12.1. The summed E-state index contributed by atoms with van der Waals surface area (Å²) < 4.78 is 5.50. The topological polar surface area (TPSA) is 117 Å². The number of carbonyl (C=O) groups is 3. The lowest BCUT2D eigenvalue weighted by molar-refractivity contribution is -0.120. The lowest BCUT2D eigenvalue weighted by atomic mass is 10.0. The van der Waals surface area contributed by atoms with Gasteiger partial charge < -0.3 is 30.0 Å². The largest absolute Gasteiger partial charge is 0.495 e. The van der Waals surface area contributed by atoms with Gasteiger partial charge in [0.25, 0.3) is 5.91 Å². The molecule has 1 fully saturated rings. The van der Waals surface area contributed by atoms with Crippen molar-refractivity contribution >= 4 is 41.2 Å². The number of nitrogens with one attached hydrogen (secondary N) is 2. The van der Waals surface area contributed by atoms with Gasteiger partial charge in [0.1, 0.15) is 23.8 Å². The summed E-state index contributed by atoms with van der Waals surface area (Å²) >= 11 is 0. The Bertz CT molecular complexity index is 1100. The van der Waals surface area contributed by atoms with E-state index in [-0.39, 0.29) is 36.9 Å². The highest BCUT2D eigenvalue weighted by Crippen LogP contribution is 2.40. The summed E-state index contributed by atoms with van der Waals surface area (Å²) in [5, 5.41) is 5.90. The van der Waals surface area contributed by atoms with Gasteiger partial charge in [-0.2, -0.15) is 4.98 Å². The number of aldehydes is 1. The minimum atomic E-state index is -0.285. The number of benzene rings is 1. The fourth-order valence-electron chi connectivity index (χ4n) is 4.85. The molecule has 0 spiro atoms. The fraction of sp³-hybridized carbons (Fsp3) is 0.480. The second-order valence-corrected chi connectivity index (χ2v) is 8.82. The molecule has 2 N–H and O–H groups in total. The summed E-state index contributed by atoms with van der Waals surface area (Å²) in [6.07, 6.45) is 7.80. The van der Waals surface area contributed by atoms with Gasteiger partial charge in [0.05, 0.1) is 19.0 Å². The van der Waals surface area contributed by atoms with Crippen LogP contribution in [0.3, 0.4) is 0 Å². The molecule has 1 aromatic heterocycles. The maximum atomic E-state index is 13.1. The number of anilines is 4. The van der Waals surface area contributed by atoms with Gasteiger partial charge in [-0.15, -0.1) is 0 Å². The van der Waals surface area contributed by atoms with Crippen molar-refractivity contribution in [2.24, 2.45) is 0 Å². The van der Waals surface area contributed by atoms with Crippen LogP contribution in [0, 0.1) is 0 Å². The van der Waals surface area contributed by atoms with E-state index in [0.29, 0.717) is 35.1 Å². The van der Waals surface area contributed by atoms with E-state index >= 15 is 0 Å². The first-order chi connectivity index (χ1) is 17.0. The third-order valence-corrected chi connectivity index (χ3v) is 6.67. The number of hydrogen-bond donors (Lipinski definition) is 2. The summed E-state index contributed by atoms with van der Waals surface area (Å²) in [5.74, 6) is 1.38. The van der Waals surface area contributed by atoms with Crippen LogP contribution in [-0.2, 0) is 9.59 Å². The molecule has 4 rings (SSSR count). The normalized spacial score (nSPS) is 17.8. The monoisotopic (exact) mass is 480 g/mol. The van der Waals surface area contributed by atoms with Gasteiger partial charge >= 0.3 is 0 Å². The van der Waals surface area contributed by atoms with Gasteiger partial charge in [-0.25, -0.2) is 4.98 Å². The summed E-state index contributed by atoms with van der Waals surface area (Å²) in [4.78, 5) is 49.0. The molecule has 1 saturated carbocycles. The predicted octanol–water partition coefficient (Wildman–Crippen LogP) is 3.05. The van der Waals surface area contributed by atoms with E-state index in [1.54, 1.807) is 36.3 Å². The zero-order valence-electron chi connectivity index (χ0n) is 20.4. The molecule has 2 aromatic rings. The number of ether oxygens (including phenoxy) is 1. The van der Waals surface area contributed by atoms with Crippen molar-refractivity contribution in [2.75, 3.05) is 35.8 Å². The molecular formula is C25H32N6O4. The highest BCUT2D eigenvalue weighted by Gasteiger charge is 2.41. The number of nitrogens with zero attached hydrogens (tertiary/aromatic N) is 4. The van der Waals surface area contributed by atoms with Crippen LogP contribution < -0.4 is 25.2 Å². The summed E-state index contributed by atoms with van der Waals surface area (Å²) in [7, 11) is 3.30. The molecule has 1 atom stereocenters. The van der Waals surface area contributed by atoms with E-state index in [2.05, 4.69) is 20.5 Å². The molecule has 0 unspecified atom stereocenters. The SMILES string of the molecule is CC[C@@H]1C(=O)N(C)c2cnc(Nc3ccc(C(=O)NCCC=O)cc3OC)nc2N1C1CCCC1. The van der Waals surface area contributed by atoms with Gasteiger partial charge in [0.15, 0.2) is 5.82 Å². The minimum absolute atomic E-state index is 0.0693. The van der Waals surface area contributed by atoms with E-state index in [1.807, 2.05) is 6.92 Å². The van der Waals surface area contributed by atoms with Crippen LogP contribution in [0.5, 0.6) is 5.75 Å². The molecule has 1 aromatic carbocycles. The van der Waals surface area contributed by atoms with Crippen LogP contribution in [0.25, 0.3) is 0 Å². The van der Waals surface area contributed by atoms with Crippen molar-refractivity contribution < 1.29 is 19.1 Å². The van der Waals surface area contributed by atoms with Crippen molar-refractivity contribution in [3.63, 3.8) is 0 Å². The Kier molecular flexibility index (Phi) is 7.48. The van der Waals surface area contributed by atoms with Gasteiger partial charge in [-0.05, 0) is 37.5 Å². The number of fused-ring (bicyclic) bond motifs is 1. The zero-order chi connectivity index (χ0) is 24.9. The number of aromatic nitrogens is 2. The first-order valence-corrected chi connectivity index (χ1v) is 12.1. The third kappa shape index (κ3) is 4.91. The average Bonchev–Trinajstić information content (AvgIpc) is 3.40. The number of carbonyl (C=O) groups excluding carboxylic acids is 3. The molecule has 0 bridgehead atoms. The molecule has 1 aliphatic carbocycles. The lowest BCUT2D eigenvalue weighted by Gasteiger charge is -2.43. The molecule has 0 radical (unpaired) electrons. The van der Waals surface area contributed by atoms with Gasteiger partial charge in [-0.3, -0.25) is 9.59 Å². The van der Waals surface area contributed by atoms with E-state index in [0.717, 1.165) is 37.8 Å². The van der Waals surface area contributed by atoms with Crippen LogP contribution in [0.1, 0.15) is 55.8 Å². The second-order valence-electron chi connectivity index (χ2n) is 8.82. The van der Waals surface area contributed by atoms with E-state index < -0.39 is 0 Å². The Morgan fingerprint density at radius 3 is 2.74 bits per heavy atom. The number of likely N-dealkylation sites (N-methyl/N-ethyl adjacent to an activating group) is 1. The molecule has 2 aliphatic rings. The van der Waals surface area contributed by atoms with Crippen molar-refractivity contribution in [1.29, 1.82) is 0 Å². The molecule has 0 saturated heterocycles. The molecule has 35 heavy (non-hydrogen) atoms. The summed E-state index contributed by atoms with van der Waals surface area (Å²) in [5.41, 5.74) is 1.73. The predicted molar refractivity (Wildman–Crippen MR) is 134 cm³/mol. The smallest absolute Gasteiger partial charge is 0.251 e. The van der Waals surface area contributed by atoms with E-state index in [4.69, 9.17) is 9.72 Å². The highest BCUT2D eigenvalue weighted by molar-refractivity contribution is 6.04. The second kappa shape index (κ2) is 10.7. The maximum absolute atomic E-state index is 13.1. The minimum Gasteiger partial charge on any atom is -0.495 e. The molecule has 10 nitrogen and oxygen atoms in total. The average molecular weight is 481 g/mol. The van der Waals surface area contributed by atoms with Crippen LogP contribution in [0.15, 0.2) is 24.4 Å². The Hall–Kier alpha value is -3.69. The van der Waals surface area contributed by atoms with E-state index in [1.165, 1.54) is 7.11 Å². The number of amides is 2. The Morgan fingerprint density at radius 2 is 2.06 bits per heavy atom. The van der Waals surface area contributed by atoms with Crippen molar-refractivity contribution in [3.8, 4) is 5.75 Å².